The summed E-state index contributed by atoms with van der Waals surface area (Å²) in [6.07, 6.45) is 0. The molecule has 0 fully saturated rings. The van der Waals surface area contributed by atoms with Crippen LogP contribution in [0.25, 0.3) is 0 Å². The monoisotopic (exact) mass is 210 g/mol. The second-order valence-corrected chi connectivity index (χ2v) is 1.20. The molecule has 0 saturated heterocycles. The van der Waals surface area contributed by atoms with E-state index >= 15 is 0 Å². The molecule has 0 unspecified atom stereocenters. The van der Waals surface area contributed by atoms with Gasteiger partial charge in [0.15, 0.2) is 0 Å². The maximum absolute atomic E-state index is 8.76. The fourth-order valence-corrected chi connectivity index (χ4v) is 0. The van der Waals surface area contributed by atoms with Crippen LogP contribution in [0.1, 0.15) is 0 Å². The molecule has 0 spiro atoms. The molecule has 0 aromatic heterocycles. The predicted molar refractivity (Wildman–Crippen MR) is 16.6 cm³/mol. The molecule has 0 aromatic rings. The molecule has 5 heteroatoms. The first-order valence-electron chi connectivity index (χ1n) is 0.532. The van der Waals surface area contributed by atoms with Gasteiger partial charge in [-0.2, -0.15) is 0 Å². The predicted octanol–water partition coefficient (Wildman–Crippen LogP) is -1.99. The summed E-state index contributed by atoms with van der Waals surface area (Å²) in [7, 11) is 0. The summed E-state index contributed by atoms with van der Waals surface area (Å²) < 4.78 is 23.1. The normalized spacial score (nSPS) is 7.00. The van der Waals surface area contributed by atoms with Crippen molar-refractivity contribution in [2.45, 2.75) is 0 Å². The smallest absolute Gasteiger partial charge is 0 e. The number of hydrogen-bond acceptors (Lipinski definition) is 1. The van der Waals surface area contributed by atoms with Gasteiger partial charge in [0, 0.05) is 17.1 Å². The molecular formula is H2O3Se2. The van der Waals surface area contributed by atoms with Crippen LogP contribution in [0.2, 0.25) is 0 Å². The van der Waals surface area contributed by atoms with Crippen LogP contribution in [0.3, 0.4) is 0 Å². The van der Waals surface area contributed by atoms with E-state index in [1.807, 2.05) is 0 Å². The number of hydrogen-bond donors (Lipinski definition) is 2. The van der Waals surface area contributed by atoms with Crippen molar-refractivity contribution >= 4 is 31.6 Å². The van der Waals surface area contributed by atoms with E-state index < -0.39 is 14.5 Å². The summed E-state index contributed by atoms with van der Waals surface area (Å²) in [5.41, 5.74) is 0. The van der Waals surface area contributed by atoms with Crippen LogP contribution in [-0.4, -0.2) is 39.9 Å². The molecule has 0 saturated carbocycles. The van der Waals surface area contributed by atoms with Crippen molar-refractivity contribution in [1.82, 2.24) is 0 Å². The topological polar surface area (TPSA) is 57.5 Å². The molecule has 0 atom stereocenters. The summed E-state index contributed by atoms with van der Waals surface area (Å²) in [5, 5.41) is 0. The quantitative estimate of drug-likeness (QED) is 0.453. The van der Waals surface area contributed by atoms with Gasteiger partial charge in [-0.05, 0) is 0 Å². The zero-order valence-corrected chi connectivity index (χ0v) is 5.55. The molecule has 0 heterocycles. The van der Waals surface area contributed by atoms with Crippen LogP contribution < -0.4 is 0 Å². The Bertz CT molecular complexity index is 27.9. The van der Waals surface area contributed by atoms with Gasteiger partial charge in [-0.25, -0.2) is 0 Å². The van der Waals surface area contributed by atoms with Gasteiger partial charge in [-0.1, -0.05) is 0 Å². The zero-order chi connectivity index (χ0) is 3.58. The molecule has 0 aliphatic rings. The Labute approximate surface area is 44.2 Å². The van der Waals surface area contributed by atoms with Gasteiger partial charge in [0.25, 0.3) is 0 Å². The molecule has 0 amide bonds. The summed E-state index contributed by atoms with van der Waals surface area (Å²) in [5.74, 6) is 0. The summed E-state index contributed by atoms with van der Waals surface area (Å²) in [6.45, 7) is 0. The van der Waals surface area contributed by atoms with E-state index in [2.05, 4.69) is 0 Å². The largest absolute Gasteiger partial charge is 0 e. The van der Waals surface area contributed by atoms with E-state index in [0.29, 0.717) is 0 Å². The molecule has 2 N–H and O–H groups in total. The third kappa shape index (κ3) is 62.9. The third-order valence-corrected chi connectivity index (χ3v) is 0. The van der Waals surface area contributed by atoms with E-state index in [1.54, 1.807) is 0 Å². The van der Waals surface area contributed by atoms with E-state index in [9.17, 15) is 0 Å². The molecule has 3 nitrogen and oxygen atoms in total. The third-order valence-electron chi connectivity index (χ3n) is 0. The maximum Gasteiger partial charge on any atom is 0 e. The van der Waals surface area contributed by atoms with Gasteiger partial charge in [-0.15, -0.1) is 0 Å². The fourth-order valence-electron chi connectivity index (χ4n) is 0. The summed E-state index contributed by atoms with van der Waals surface area (Å²) >= 11 is -3.29. The second kappa shape index (κ2) is 4.76. The minimum absolute atomic E-state index is 0. The van der Waals surface area contributed by atoms with E-state index in [4.69, 9.17) is 12.2 Å². The second-order valence-electron chi connectivity index (χ2n) is 0.231. The Hall–Kier alpha value is 0.759. The van der Waals surface area contributed by atoms with Crippen LogP contribution in [0, 0.1) is 0 Å². The summed E-state index contributed by atoms with van der Waals surface area (Å²) in [4.78, 5) is 0. The molecule has 0 aromatic carbocycles. The van der Waals surface area contributed by atoms with E-state index in [-0.39, 0.29) is 17.1 Å². The minimum Gasteiger partial charge on any atom is 0 e. The van der Waals surface area contributed by atoms with Gasteiger partial charge in [0.2, 0.25) is 0 Å². The summed E-state index contributed by atoms with van der Waals surface area (Å²) in [6, 6.07) is 0. The SMILES string of the molecule is O=[Se](O)O.[Se]. The minimum atomic E-state index is -3.29. The Morgan fingerprint density at radius 1 is 1.40 bits per heavy atom. The average molecular weight is 208 g/mol. The van der Waals surface area contributed by atoms with E-state index in [1.165, 1.54) is 0 Å². The van der Waals surface area contributed by atoms with Crippen LogP contribution in [0.4, 0.5) is 0 Å². The standard InChI is InChI=1S/H2O3Se.Se/c1-4(2)3;/h(H2,1,2,3);. The van der Waals surface area contributed by atoms with E-state index in [0.717, 1.165) is 0 Å². The molecule has 2 radical (unpaired) electrons. The first-order valence-corrected chi connectivity index (χ1v) is 2.76. The van der Waals surface area contributed by atoms with Crippen LogP contribution in [0.5, 0.6) is 0 Å². The van der Waals surface area contributed by atoms with Gasteiger partial charge < -0.3 is 0 Å². The van der Waals surface area contributed by atoms with Crippen molar-refractivity contribution < 1.29 is 12.2 Å². The Kier molecular flexibility index (Phi) is 8.79. The van der Waals surface area contributed by atoms with Crippen molar-refractivity contribution in [1.29, 1.82) is 0 Å². The Morgan fingerprint density at radius 2 is 1.40 bits per heavy atom. The van der Waals surface area contributed by atoms with Gasteiger partial charge in [-0.3, -0.25) is 0 Å². The van der Waals surface area contributed by atoms with Crippen LogP contribution in [-0.2, 0) is 3.83 Å². The maximum atomic E-state index is 8.76. The molecular weight excluding hydrogens is 206 g/mol. The number of rotatable bonds is 0. The molecule has 32 valence electrons. The van der Waals surface area contributed by atoms with Crippen molar-refractivity contribution in [3.63, 3.8) is 0 Å². The Morgan fingerprint density at radius 3 is 1.40 bits per heavy atom. The van der Waals surface area contributed by atoms with Crippen molar-refractivity contribution in [2.24, 2.45) is 0 Å². The molecule has 0 bridgehead atoms. The van der Waals surface area contributed by atoms with Gasteiger partial charge in [0.1, 0.15) is 0 Å². The fraction of sp³-hybridized carbons (Fsp3) is 0. The Balaban J connectivity index is 0. The zero-order valence-electron chi connectivity index (χ0n) is 2.12. The van der Waals surface area contributed by atoms with Gasteiger partial charge >= 0.3 is 26.7 Å². The molecule has 0 aliphatic heterocycles. The van der Waals surface area contributed by atoms with Crippen molar-refractivity contribution in [3.8, 4) is 0 Å². The van der Waals surface area contributed by atoms with Crippen LogP contribution >= 0.6 is 0 Å². The van der Waals surface area contributed by atoms with Crippen LogP contribution in [0.15, 0.2) is 0 Å². The first-order chi connectivity index (χ1) is 1.73. The van der Waals surface area contributed by atoms with Crippen molar-refractivity contribution in [2.75, 3.05) is 0 Å². The average Bonchev–Trinajstić information content (AvgIpc) is 0.811. The van der Waals surface area contributed by atoms with Gasteiger partial charge in [0.05, 0.1) is 0 Å². The first kappa shape index (κ1) is 9.23. The molecule has 5 heavy (non-hydrogen) atoms. The molecule has 0 rings (SSSR count). The van der Waals surface area contributed by atoms with Crippen molar-refractivity contribution in [3.05, 3.63) is 0 Å². The molecule has 0 aliphatic carbocycles.